The molecule has 2 heterocycles. The number of hydrogen-bond acceptors (Lipinski definition) is 6. The van der Waals surface area contributed by atoms with Crippen LogP contribution in [0.15, 0.2) is 61.9 Å². The molecule has 0 saturated heterocycles. The number of hydrazone groups is 1. The summed E-state index contributed by atoms with van der Waals surface area (Å²) < 4.78 is 1.68. The molecule has 0 radical (unpaired) electrons. The maximum atomic E-state index is 12.7. The number of rotatable bonds is 5. The minimum Gasteiger partial charge on any atom is -0.493 e. The summed E-state index contributed by atoms with van der Waals surface area (Å²) in [6, 6.07) is 9.08. The lowest BCUT2D eigenvalue weighted by molar-refractivity contribution is -0.00521. The minimum atomic E-state index is -0.820. The summed E-state index contributed by atoms with van der Waals surface area (Å²) in [4.78, 5) is 43.5. The number of nitrogens with zero attached hydrogens (tertiary/aromatic N) is 3. The lowest BCUT2D eigenvalue weighted by Crippen LogP contribution is -2.48. The third-order valence-electron chi connectivity index (χ3n) is 8.24. The molecular weight excluding hydrogens is 538 g/mol. The van der Waals surface area contributed by atoms with Crippen molar-refractivity contribution in [3.63, 3.8) is 0 Å². The number of aromatic amines is 1. The number of carbonyl (C=O) groups is 1. The van der Waals surface area contributed by atoms with E-state index in [2.05, 4.69) is 42.5 Å². The van der Waals surface area contributed by atoms with Gasteiger partial charge in [-0.2, -0.15) is 5.10 Å². The maximum absolute atomic E-state index is 12.7. The average Bonchev–Trinajstić information content (AvgIpc) is 2.86. The van der Waals surface area contributed by atoms with Crippen molar-refractivity contribution in [3.8, 4) is 11.6 Å². The van der Waals surface area contributed by atoms with Crippen LogP contribution in [-0.2, 0) is 5.41 Å². The van der Waals surface area contributed by atoms with Crippen LogP contribution in [0.25, 0.3) is 5.69 Å². The average molecular weight is 564 g/mol. The second-order valence-electron chi connectivity index (χ2n) is 10.6. The van der Waals surface area contributed by atoms with Crippen LogP contribution in [0, 0.1) is 17.8 Å². The number of pyridine rings is 1. The number of aromatic nitrogens is 3. The molecule has 4 bridgehead atoms. The van der Waals surface area contributed by atoms with Gasteiger partial charge in [0.05, 0.1) is 17.5 Å². The van der Waals surface area contributed by atoms with Gasteiger partial charge in [0.25, 0.3) is 11.5 Å². The van der Waals surface area contributed by atoms with E-state index in [-0.39, 0.29) is 16.5 Å². The summed E-state index contributed by atoms with van der Waals surface area (Å²) in [6.07, 6.45) is 11.6. The van der Waals surface area contributed by atoms with Crippen LogP contribution in [0.5, 0.6) is 5.88 Å². The first-order valence-corrected chi connectivity index (χ1v) is 13.2. The highest BCUT2D eigenvalue weighted by Crippen LogP contribution is 2.60. The van der Waals surface area contributed by atoms with E-state index in [1.54, 1.807) is 12.1 Å². The lowest BCUT2D eigenvalue weighted by Gasteiger charge is -2.57. The molecular formula is C27H26BrN5O4. The molecule has 9 nitrogen and oxygen atoms in total. The van der Waals surface area contributed by atoms with Crippen molar-refractivity contribution in [1.29, 1.82) is 0 Å². The van der Waals surface area contributed by atoms with E-state index >= 15 is 0 Å². The number of nitrogens with one attached hydrogen (secondary N) is 2. The molecule has 0 spiro atoms. The number of hydrogen-bond donors (Lipinski definition) is 3. The van der Waals surface area contributed by atoms with Crippen molar-refractivity contribution in [1.82, 2.24) is 20.0 Å². The predicted molar refractivity (Wildman–Crippen MR) is 141 cm³/mol. The van der Waals surface area contributed by atoms with Crippen LogP contribution in [-0.4, -0.2) is 31.8 Å². The van der Waals surface area contributed by atoms with E-state index < -0.39 is 23.0 Å². The van der Waals surface area contributed by atoms with Crippen LogP contribution in [0.3, 0.4) is 0 Å². The topological polar surface area (TPSA) is 129 Å². The van der Waals surface area contributed by atoms with Gasteiger partial charge in [-0.3, -0.25) is 19.6 Å². The third-order valence-corrected chi connectivity index (χ3v) is 8.88. The minimum absolute atomic E-state index is 0.179. The van der Waals surface area contributed by atoms with Crippen LogP contribution in [0.2, 0.25) is 0 Å². The van der Waals surface area contributed by atoms with Crippen molar-refractivity contribution in [3.05, 3.63) is 84.7 Å². The van der Waals surface area contributed by atoms with Crippen molar-refractivity contribution in [2.75, 3.05) is 0 Å². The van der Waals surface area contributed by atoms with Crippen molar-refractivity contribution in [2.45, 2.75) is 43.9 Å². The molecule has 1 amide bonds. The Labute approximate surface area is 220 Å². The predicted octanol–water partition coefficient (Wildman–Crippen LogP) is 3.62. The Morgan fingerprint density at radius 1 is 1.16 bits per heavy atom. The zero-order chi connectivity index (χ0) is 25.7. The van der Waals surface area contributed by atoms with Gasteiger partial charge in [-0.15, -0.1) is 0 Å². The number of H-pyrrole nitrogens is 1. The maximum Gasteiger partial charge on any atom is 0.335 e. The second kappa shape index (κ2) is 9.09. The smallest absolute Gasteiger partial charge is 0.335 e. The molecule has 0 atom stereocenters. The molecule has 7 rings (SSSR count). The van der Waals surface area contributed by atoms with Gasteiger partial charge in [-0.05, 0) is 107 Å². The summed E-state index contributed by atoms with van der Waals surface area (Å²) >= 11 is 3.61. The van der Waals surface area contributed by atoms with Gasteiger partial charge < -0.3 is 5.11 Å². The summed E-state index contributed by atoms with van der Waals surface area (Å²) in [5, 5.41) is 14.7. The largest absolute Gasteiger partial charge is 0.493 e. The fraction of sp³-hybridized carbons (Fsp3) is 0.370. The van der Waals surface area contributed by atoms with E-state index in [4.69, 9.17) is 0 Å². The number of benzene rings is 1. The van der Waals surface area contributed by atoms with Crippen LogP contribution in [0.4, 0.5) is 0 Å². The zero-order valence-corrected chi connectivity index (χ0v) is 21.6. The molecule has 190 valence electrons. The number of halogens is 1. The Balaban J connectivity index is 1.31. The molecule has 4 fully saturated rings. The molecule has 4 aliphatic carbocycles. The van der Waals surface area contributed by atoms with Gasteiger partial charge in [-0.25, -0.2) is 14.8 Å². The molecule has 4 aliphatic rings. The van der Waals surface area contributed by atoms with Gasteiger partial charge in [-0.1, -0.05) is 6.07 Å². The van der Waals surface area contributed by atoms with Crippen LogP contribution >= 0.6 is 15.9 Å². The van der Waals surface area contributed by atoms with Gasteiger partial charge in [0, 0.05) is 16.9 Å². The second-order valence-corrected chi connectivity index (χ2v) is 11.5. The molecule has 0 unspecified atom stereocenters. The standard InChI is InChI=1S/C27H26BrN5O4/c28-21-9-19(27-10-15-6-16(11-27)8-17(7-15)12-27)3-4-22(21)33-25(36)20(24(35)31-26(33)37)14-30-32-23(34)18-2-1-5-29-13-18/h1-5,9,13-17,36H,6-8,10-12H2,(H,32,34)(H,31,35,37). The Morgan fingerprint density at radius 2 is 1.86 bits per heavy atom. The van der Waals surface area contributed by atoms with E-state index in [1.165, 1.54) is 56.5 Å². The highest BCUT2D eigenvalue weighted by Gasteiger charge is 2.51. The highest BCUT2D eigenvalue weighted by molar-refractivity contribution is 9.10. The fourth-order valence-electron chi connectivity index (χ4n) is 7.08. The van der Waals surface area contributed by atoms with Crippen molar-refractivity contribution in [2.24, 2.45) is 22.9 Å². The van der Waals surface area contributed by atoms with Crippen molar-refractivity contribution >= 4 is 28.1 Å². The fourth-order valence-corrected chi connectivity index (χ4v) is 7.63. The molecule has 3 aromatic rings. The van der Waals surface area contributed by atoms with Gasteiger partial charge in [0.15, 0.2) is 0 Å². The highest BCUT2D eigenvalue weighted by atomic mass is 79.9. The van der Waals surface area contributed by atoms with Gasteiger partial charge in [0.2, 0.25) is 5.88 Å². The Kier molecular flexibility index (Phi) is 5.86. The van der Waals surface area contributed by atoms with E-state index in [0.717, 1.165) is 28.5 Å². The van der Waals surface area contributed by atoms with Gasteiger partial charge in [0.1, 0.15) is 5.56 Å². The first-order valence-electron chi connectivity index (χ1n) is 12.4. The number of aromatic hydroxyl groups is 1. The number of carbonyl (C=O) groups excluding carboxylic acids is 1. The first-order chi connectivity index (χ1) is 17.8. The Morgan fingerprint density at radius 3 is 2.49 bits per heavy atom. The summed E-state index contributed by atoms with van der Waals surface area (Å²) in [6.45, 7) is 0. The molecule has 3 N–H and O–H groups in total. The lowest BCUT2D eigenvalue weighted by atomic mass is 9.48. The van der Waals surface area contributed by atoms with E-state index in [1.807, 2.05) is 12.1 Å². The normalized spacial score (nSPS) is 26.0. The third kappa shape index (κ3) is 4.22. The summed E-state index contributed by atoms with van der Waals surface area (Å²) in [5.74, 6) is 1.30. The SMILES string of the molecule is O=C(NN=Cc1c(O)n(-c2ccc(C34CC5CC(CC(C5)C3)C4)cc2Br)c(=O)[nH]c1=O)c1cccnc1. The molecule has 10 heteroatoms. The Hall–Kier alpha value is -3.53. The quantitative estimate of drug-likeness (QED) is 0.322. The van der Waals surface area contributed by atoms with Crippen molar-refractivity contribution < 1.29 is 9.90 Å². The Bertz CT molecular complexity index is 1490. The molecule has 4 saturated carbocycles. The molecule has 2 aromatic heterocycles. The zero-order valence-electron chi connectivity index (χ0n) is 20.0. The summed E-state index contributed by atoms with van der Waals surface area (Å²) in [5.41, 5.74) is 2.56. The van der Waals surface area contributed by atoms with Crippen LogP contribution < -0.4 is 16.7 Å². The van der Waals surface area contributed by atoms with Crippen LogP contribution in [0.1, 0.15) is 60.0 Å². The monoisotopic (exact) mass is 563 g/mol. The van der Waals surface area contributed by atoms with Gasteiger partial charge >= 0.3 is 5.69 Å². The molecule has 0 aliphatic heterocycles. The first kappa shape index (κ1) is 23.8. The molecule has 1 aromatic carbocycles. The van der Waals surface area contributed by atoms with E-state index in [9.17, 15) is 19.5 Å². The number of amides is 1. The summed E-state index contributed by atoms with van der Waals surface area (Å²) in [7, 11) is 0. The molecule has 37 heavy (non-hydrogen) atoms. The van der Waals surface area contributed by atoms with E-state index in [0.29, 0.717) is 10.2 Å².